The molecular weight excluding hydrogens is 486 g/mol. The third-order valence-electron chi connectivity index (χ3n) is 6.29. The lowest BCUT2D eigenvalue weighted by molar-refractivity contribution is 0.0977. The highest BCUT2D eigenvalue weighted by atomic mass is 32.2. The quantitative estimate of drug-likeness (QED) is 0.436. The molecular formula is C23H25N7O5S. The zero-order valence-corrected chi connectivity index (χ0v) is 20.1. The molecule has 2 amide bonds. The van der Waals surface area contributed by atoms with Gasteiger partial charge >= 0.3 is 0 Å². The molecule has 4 N–H and O–H groups in total. The fraction of sp³-hybridized carbons (Fsp3) is 0.304. The van der Waals surface area contributed by atoms with E-state index in [0.717, 1.165) is 11.4 Å². The number of rotatable bonds is 6. The number of hydrogen-bond donors (Lipinski definition) is 3. The Morgan fingerprint density at radius 2 is 1.92 bits per heavy atom. The number of morpholine rings is 1. The van der Waals surface area contributed by atoms with Crippen LogP contribution in [0.15, 0.2) is 47.6 Å². The monoisotopic (exact) mass is 511 g/mol. The number of aromatic nitrogens is 3. The fourth-order valence-corrected chi connectivity index (χ4v) is 5.73. The number of benzene rings is 1. The Bertz CT molecular complexity index is 1400. The van der Waals surface area contributed by atoms with E-state index < -0.39 is 21.8 Å². The Kier molecular flexibility index (Phi) is 6.43. The van der Waals surface area contributed by atoms with Crippen LogP contribution < -0.4 is 16.0 Å². The molecule has 2 aromatic heterocycles. The number of primary amides is 1. The number of fused-ring (bicyclic) bond motifs is 1. The van der Waals surface area contributed by atoms with Gasteiger partial charge in [-0.15, -0.1) is 0 Å². The van der Waals surface area contributed by atoms with E-state index in [0.29, 0.717) is 38.3 Å². The van der Waals surface area contributed by atoms with Crippen molar-refractivity contribution in [1.82, 2.24) is 19.5 Å². The average Bonchev–Trinajstić information content (AvgIpc) is 3.31. The number of sulfonamides is 1. The van der Waals surface area contributed by atoms with Crippen LogP contribution in [-0.2, 0) is 27.7 Å². The normalized spacial score (nSPS) is 16.4. The number of nitrogens with two attached hydrogens (primary N) is 1. The van der Waals surface area contributed by atoms with E-state index in [-0.39, 0.29) is 34.9 Å². The maximum absolute atomic E-state index is 13.2. The van der Waals surface area contributed by atoms with Crippen molar-refractivity contribution < 1.29 is 22.7 Å². The second-order valence-corrected chi connectivity index (χ2v) is 10.4. The largest absolute Gasteiger partial charge is 0.378 e. The zero-order valence-electron chi connectivity index (χ0n) is 19.3. The summed E-state index contributed by atoms with van der Waals surface area (Å²) in [5.41, 5.74) is 7.86. The Labute approximate surface area is 207 Å². The number of hydrogen-bond acceptors (Lipinski definition) is 8. The molecule has 13 heteroatoms. The van der Waals surface area contributed by atoms with E-state index in [1.54, 1.807) is 24.3 Å². The van der Waals surface area contributed by atoms with Crippen LogP contribution in [0, 0.1) is 0 Å². The van der Waals surface area contributed by atoms with E-state index in [1.807, 2.05) is 0 Å². The molecule has 0 atom stereocenters. The van der Waals surface area contributed by atoms with Crippen molar-refractivity contribution in [1.29, 1.82) is 0 Å². The molecule has 0 spiro atoms. The van der Waals surface area contributed by atoms with Crippen molar-refractivity contribution >= 4 is 33.3 Å². The number of pyridine rings is 1. The van der Waals surface area contributed by atoms with Gasteiger partial charge in [0.1, 0.15) is 4.90 Å². The summed E-state index contributed by atoms with van der Waals surface area (Å²) in [6.45, 7) is 2.77. The fourth-order valence-electron chi connectivity index (χ4n) is 4.35. The highest BCUT2D eigenvalue weighted by Crippen LogP contribution is 2.29. The Morgan fingerprint density at radius 3 is 2.64 bits per heavy atom. The highest BCUT2D eigenvalue weighted by molar-refractivity contribution is 7.89. The molecule has 36 heavy (non-hydrogen) atoms. The minimum Gasteiger partial charge on any atom is -0.378 e. The molecule has 0 unspecified atom stereocenters. The van der Waals surface area contributed by atoms with Crippen LogP contribution >= 0.6 is 0 Å². The summed E-state index contributed by atoms with van der Waals surface area (Å²) < 4.78 is 32.8. The van der Waals surface area contributed by atoms with Crippen LogP contribution in [0.4, 0.5) is 11.5 Å². The molecule has 4 heterocycles. The Hall–Kier alpha value is -3.81. The molecule has 2 aliphatic heterocycles. The maximum Gasteiger partial charge on any atom is 0.257 e. The molecule has 12 nitrogen and oxygen atoms in total. The number of nitrogens with one attached hydrogen (secondary N) is 2. The zero-order chi connectivity index (χ0) is 25.3. The van der Waals surface area contributed by atoms with E-state index in [2.05, 4.69) is 25.4 Å². The summed E-state index contributed by atoms with van der Waals surface area (Å²) in [7, 11) is -3.77. The number of amides is 2. The van der Waals surface area contributed by atoms with E-state index in [1.165, 1.54) is 22.8 Å². The van der Waals surface area contributed by atoms with Gasteiger partial charge in [-0.2, -0.15) is 9.40 Å². The minimum atomic E-state index is -3.77. The molecule has 0 radical (unpaired) electrons. The smallest absolute Gasteiger partial charge is 0.257 e. The lowest BCUT2D eigenvalue weighted by Crippen LogP contribution is -2.36. The van der Waals surface area contributed by atoms with Crippen molar-refractivity contribution in [2.75, 3.05) is 43.1 Å². The van der Waals surface area contributed by atoms with Gasteiger partial charge < -0.3 is 20.7 Å². The topological polar surface area (TPSA) is 164 Å². The first kappa shape index (κ1) is 23.9. The number of H-pyrrole nitrogens is 1. The van der Waals surface area contributed by atoms with Crippen LogP contribution in [0.5, 0.6) is 0 Å². The SMILES string of the molecule is NC(=O)c1cc(N2CCOCC2)ccc1C(=O)Nc1n[nH]c2c1CN(S(=O)(=O)c1cccnc1)CC2. The lowest BCUT2D eigenvalue weighted by atomic mass is 10.0. The second kappa shape index (κ2) is 9.68. The Balaban J connectivity index is 1.38. The number of ether oxygens (including phenoxy) is 1. The molecule has 1 saturated heterocycles. The molecule has 1 aromatic carbocycles. The number of nitrogens with zero attached hydrogens (tertiary/aromatic N) is 4. The van der Waals surface area contributed by atoms with Crippen LogP contribution in [0.3, 0.4) is 0 Å². The van der Waals surface area contributed by atoms with Crippen molar-refractivity contribution in [3.05, 3.63) is 65.1 Å². The van der Waals surface area contributed by atoms with Crippen molar-refractivity contribution in [2.24, 2.45) is 5.73 Å². The van der Waals surface area contributed by atoms with Gasteiger partial charge in [-0.1, -0.05) is 0 Å². The highest BCUT2D eigenvalue weighted by Gasteiger charge is 2.32. The van der Waals surface area contributed by atoms with Gasteiger partial charge in [0.05, 0.1) is 24.3 Å². The summed E-state index contributed by atoms with van der Waals surface area (Å²) in [4.78, 5) is 31.4. The predicted octanol–water partition coefficient (Wildman–Crippen LogP) is 0.739. The third kappa shape index (κ3) is 4.55. The summed E-state index contributed by atoms with van der Waals surface area (Å²) in [5.74, 6) is -1.10. The molecule has 2 aliphatic rings. The second-order valence-electron chi connectivity index (χ2n) is 8.45. The van der Waals surface area contributed by atoms with Crippen LogP contribution in [0.1, 0.15) is 32.0 Å². The molecule has 3 aromatic rings. The molecule has 1 fully saturated rings. The first-order valence-electron chi connectivity index (χ1n) is 11.4. The van der Waals surface area contributed by atoms with Gasteiger partial charge in [0.2, 0.25) is 15.9 Å². The van der Waals surface area contributed by atoms with Crippen molar-refractivity contribution in [3.8, 4) is 0 Å². The van der Waals surface area contributed by atoms with Gasteiger partial charge in [-0.05, 0) is 30.3 Å². The molecule has 188 valence electrons. The maximum atomic E-state index is 13.2. The first-order chi connectivity index (χ1) is 17.3. The van der Waals surface area contributed by atoms with E-state index in [4.69, 9.17) is 10.5 Å². The molecule has 5 rings (SSSR count). The van der Waals surface area contributed by atoms with Gasteiger partial charge in [-0.25, -0.2) is 8.42 Å². The molecule has 0 bridgehead atoms. The predicted molar refractivity (Wildman–Crippen MR) is 130 cm³/mol. The van der Waals surface area contributed by atoms with Gasteiger partial charge in [0.25, 0.3) is 5.91 Å². The van der Waals surface area contributed by atoms with Crippen LogP contribution in [0.2, 0.25) is 0 Å². The van der Waals surface area contributed by atoms with Crippen LogP contribution in [-0.4, -0.2) is 72.6 Å². The Morgan fingerprint density at radius 1 is 1.11 bits per heavy atom. The van der Waals surface area contributed by atoms with Gasteiger partial charge in [0, 0.05) is 61.9 Å². The minimum absolute atomic E-state index is 0.0251. The van der Waals surface area contributed by atoms with Crippen LogP contribution in [0.25, 0.3) is 0 Å². The van der Waals surface area contributed by atoms with E-state index in [9.17, 15) is 18.0 Å². The third-order valence-corrected chi connectivity index (χ3v) is 8.12. The summed E-state index contributed by atoms with van der Waals surface area (Å²) in [5, 5.41) is 9.78. The molecule has 0 saturated carbocycles. The van der Waals surface area contributed by atoms with Gasteiger partial charge in [-0.3, -0.25) is 19.7 Å². The standard InChI is InChI=1S/C23H25N7O5S/c24-21(31)18-12-15(29-8-10-35-11-9-29)3-4-17(18)23(32)26-22-19-14-30(7-5-20(19)27-28-22)36(33,34)16-2-1-6-25-13-16/h1-4,6,12-13H,5,7-11,14H2,(H2,24,31)(H2,26,27,28,32). The van der Waals surface area contributed by atoms with Gasteiger partial charge in [0.15, 0.2) is 5.82 Å². The number of aromatic amines is 1. The lowest BCUT2D eigenvalue weighted by Gasteiger charge is -2.29. The van der Waals surface area contributed by atoms with E-state index >= 15 is 0 Å². The average molecular weight is 512 g/mol. The summed E-state index contributed by atoms with van der Waals surface area (Å²) in [6, 6.07) is 7.96. The number of anilines is 2. The number of carbonyl (C=O) groups excluding carboxylic acids is 2. The summed E-state index contributed by atoms with van der Waals surface area (Å²) in [6.07, 6.45) is 3.21. The number of carbonyl (C=O) groups is 2. The molecule has 0 aliphatic carbocycles. The van der Waals surface area contributed by atoms with Crippen molar-refractivity contribution in [3.63, 3.8) is 0 Å². The first-order valence-corrected chi connectivity index (χ1v) is 12.8. The summed E-state index contributed by atoms with van der Waals surface area (Å²) >= 11 is 0. The van der Waals surface area contributed by atoms with Crippen molar-refractivity contribution in [2.45, 2.75) is 17.9 Å².